The van der Waals surface area contributed by atoms with E-state index < -0.39 is 11.9 Å². The number of carbonyl (C=O) groups is 2. The topological polar surface area (TPSA) is 73.9 Å². The van der Waals surface area contributed by atoms with Gasteiger partial charge >= 0.3 is 5.97 Å². The number of ketones is 1. The van der Waals surface area contributed by atoms with Crippen LogP contribution in [0.25, 0.3) is 0 Å². The van der Waals surface area contributed by atoms with Gasteiger partial charge in [0.1, 0.15) is 13.2 Å². The normalized spacial score (nSPS) is 17.4. The molecule has 0 saturated heterocycles. The maximum atomic E-state index is 13.3. The van der Waals surface area contributed by atoms with Crippen molar-refractivity contribution in [2.24, 2.45) is 0 Å². The second-order valence-electron chi connectivity index (χ2n) is 8.78. The van der Waals surface area contributed by atoms with Crippen molar-refractivity contribution in [1.82, 2.24) is 5.32 Å². The number of allylic oxidation sites excluding steroid dienone is 3. The first kappa shape index (κ1) is 25.9. The minimum absolute atomic E-state index is 0.0654. The molecule has 4 rings (SSSR count). The highest BCUT2D eigenvalue weighted by Crippen LogP contribution is 2.44. The molecule has 0 saturated carbocycles. The summed E-state index contributed by atoms with van der Waals surface area (Å²) in [6.45, 7) is 4.65. The van der Waals surface area contributed by atoms with Crippen molar-refractivity contribution in [2.45, 2.75) is 45.6 Å². The first-order valence-electron chi connectivity index (χ1n) is 12.4. The van der Waals surface area contributed by atoms with Gasteiger partial charge in [0.15, 0.2) is 17.3 Å². The molecule has 1 heterocycles. The molecule has 1 aliphatic carbocycles. The number of dihydropyridines is 1. The second-order valence-corrected chi connectivity index (χ2v) is 10.2. The van der Waals surface area contributed by atoms with E-state index >= 15 is 0 Å². The molecule has 190 valence electrons. The summed E-state index contributed by atoms with van der Waals surface area (Å²) in [4.78, 5) is 26.5. The fourth-order valence-electron chi connectivity index (χ4n) is 4.72. The van der Waals surface area contributed by atoms with Gasteiger partial charge in [-0.05, 0) is 48.8 Å². The number of carbonyl (C=O) groups excluding carboxylic acids is 2. The molecule has 0 fully saturated rings. The van der Waals surface area contributed by atoms with Crippen LogP contribution in [-0.2, 0) is 20.9 Å². The van der Waals surface area contributed by atoms with Crippen LogP contribution in [0.4, 0.5) is 0 Å². The molecule has 0 bridgehead atoms. The monoisotopic (exact) mass is 507 g/mol. The Balaban J connectivity index is 1.70. The lowest BCUT2D eigenvalue weighted by atomic mass is 9.75. The minimum atomic E-state index is -0.523. The lowest BCUT2D eigenvalue weighted by molar-refractivity contribution is -0.138. The molecular weight excluding hydrogens is 474 g/mol. The molecule has 2 aromatic carbocycles. The Morgan fingerprint density at radius 3 is 2.67 bits per heavy atom. The summed E-state index contributed by atoms with van der Waals surface area (Å²) >= 11 is 1.72. The van der Waals surface area contributed by atoms with E-state index in [1.165, 1.54) is 0 Å². The van der Waals surface area contributed by atoms with Gasteiger partial charge in [-0.2, -0.15) is 11.8 Å². The maximum Gasteiger partial charge on any atom is 0.336 e. The molecule has 7 heteroatoms. The summed E-state index contributed by atoms with van der Waals surface area (Å²) in [5.41, 5.74) is 4.59. The third-order valence-electron chi connectivity index (χ3n) is 6.42. The Kier molecular flexibility index (Phi) is 8.75. The van der Waals surface area contributed by atoms with Gasteiger partial charge in [0, 0.05) is 35.1 Å². The molecule has 1 N–H and O–H groups in total. The van der Waals surface area contributed by atoms with Crippen LogP contribution >= 0.6 is 11.8 Å². The molecule has 0 aromatic heterocycles. The van der Waals surface area contributed by atoms with Crippen molar-refractivity contribution in [2.75, 3.05) is 25.2 Å². The van der Waals surface area contributed by atoms with Crippen molar-refractivity contribution in [3.63, 3.8) is 0 Å². The quantitative estimate of drug-likeness (QED) is 0.334. The van der Waals surface area contributed by atoms with Crippen LogP contribution in [-0.4, -0.2) is 37.0 Å². The molecule has 1 aliphatic heterocycles. The standard InChI is InChI=1S/C29H33NO5S/c1-4-36-16-15-34-29(32)26-19(2)30-22-11-8-12-23(31)28(22)27(26)21-13-14-24(33-3)25(17-21)35-18-20-9-6-5-7-10-20/h5-7,9-10,13-14,17,27,30H,4,8,11-12,15-16,18H2,1-3H3/t27-/m1/s1. The van der Waals surface area contributed by atoms with Gasteiger partial charge in [0.2, 0.25) is 0 Å². The van der Waals surface area contributed by atoms with Crippen LogP contribution in [0.3, 0.4) is 0 Å². The zero-order valence-electron chi connectivity index (χ0n) is 21.1. The number of hydrogen-bond donors (Lipinski definition) is 1. The molecule has 36 heavy (non-hydrogen) atoms. The van der Waals surface area contributed by atoms with E-state index in [1.807, 2.05) is 55.5 Å². The van der Waals surface area contributed by atoms with Crippen molar-refractivity contribution < 1.29 is 23.8 Å². The summed E-state index contributed by atoms with van der Waals surface area (Å²) in [6.07, 6.45) is 2.05. The number of esters is 1. The minimum Gasteiger partial charge on any atom is -0.493 e. The third-order valence-corrected chi connectivity index (χ3v) is 7.28. The van der Waals surface area contributed by atoms with E-state index in [1.54, 1.807) is 18.9 Å². The molecule has 0 unspecified atom stereocenters. The van der Waals surface area contributed by atoms with E-state index in [9.17, 15) is 9.59 Å². The first-order chi connectivity index (χ1) is 17.5. The highest BCUT2D eigenvalue weighted by Gasteiger charge is 2.39. The first-order valence-corrected chi connectivity index (χ1v) is 13.5. The van der Waals surface area contributed by atoms with Crippen LogP contribution in [0.15, 0.2) is 71.1 Å². The van der Waals surface area contributed by atoms with Gasteiger partial charge in [-0.1, -0.05) is 43.3 Å². The van der Waals surface area contributed by atoms with Crippen LogP contribution in [0.5, 0.6) is 11.5 Å². The number of methoxy groups -OCH3 is 1. The Labute approximate surface area is 217 Å². The summed E-state index contributed by atoms with van der Waals surface area (Å²) in [7, 11) is 1.60. The van der Waals surface area contributed by atoms with E-state index in [0.717, 1.165) is 46.9 Å². The summed E-state index contributed by atoms with van der Waals surface area (Å²) in [6, 6.07) is 15.5. The molecule has 0 radical (unpaired) electrons. The fraction of sp³-hybridized carbons (Fsp3) is 0.379. The molecule has 0 spiro atoms. The van der Waals surface area contributed by atoms with Gasteiger partial charge in [-0.15, -0.1) is 0 Å². The number of Topliss-reactive ketones (excluding diaryl/α,β-unsaturated/α-hetero) is 1. The van der Waals surface area contributed by atoms with Crippen LogP contribution in [0, 0.1) is 0 Å². The molecule has 2 aliphatic rings. The maximum absolute atomic E-state index is 13.3. The predicted octanol–water partition coefficient (Wildman–Crippen LogP) is 5.54. The Morgan fingerprint density at radius 1 is 1.11 bits per heavy atom. The average molecular weight is 508 g/mol. The Hall–Kier alpha value is -3.19. The van der Waals surface area contributed by atoms with Gasteiger partial charge in [-0.25, -0.2) is 4.79 Å². The van der Waals surface area contributed by atoms with Gasteiger partial charge in [0.05, 0.1) is 12.7 Å². The number of hydrogen-bond acceptors (Lipinski definition) is 7. The molecule has 0 amide bonds. The van der Waals surface area contributed by atoms with Crippen molar-refractivity contribution in [3.8, 4) is 11.5 Å². The molecular formula is C29H33NO5S. The number of rotatable bonds is 10. The molecule has 2 aromatic rings. The number of thioether (sulfide) groups is 1. The molecule has 6 nitrogen and oxygen atoms in total. The predicted molar refractivity (Wildman–Crippen MR) is 142 cm³/mol. The third kappa shape index (κ3) is 5.78. The summed E-state index contributed by atoms with van der Waals surface area (Å²) in [5, 5.41) is 3.34. The number of benzene rings is 2. The summed E-state index contributed by atoms with van der Waals surface area (Å²) < 4.78 is 17.4. The van der Waals surface area contributed by atoms with Crippen LogP contribution in [0.1, 0.15) is 50.2 Å². The Bertz CT molecular complexity index is 1170. The fourth-order valence-corrected chi connectivity index (χ4v) is 5.21. The smallest absolute Gasteiger partial charge is 0.336 e. The van der Waals surface area contributed by atoms with Crippen molar-refractivity contribution >= 4 is 23.5 Å². The lowest BCUT2D eigenvalue weighted by Gasteiger charge is -2.34. The highest BCUT2D eigenvalue weighted by molar-refractivity contribution is 7.99. The van der Waals surface area contributed by atoms with E-state index in [2.05, 4.69) is 12.2 Å². The SMILES string of the molecule is CCSCCOC(=O)C1=C(C)NC2=C(C(=O)CCC2)[C@@H]1c1ccc(OC)c(OCc2ccccc2)c1. The zero-order valence-corrected chi connectivity index (χ0v) is 21.9. The van der Waals surface area contributed by atoms with Gasteiger partial charge in [-0.3, -0.25) is 4.79 Å². The van der Waals surface area contributed by atoms with E-state index in [4.69, 9.17) is 14.2 Å². The second kappa shape index (κ2) is 12.2. The van der Waals surface area contributed by atoms with Crippen molar-refractivity contribution in [3.05, 3.63) is 82.2 Å². The van der Waals surface area contributed by atoms with Crippen molar-refractivity contribution in [1.29, 1.82) is 0 Å². The number of nitrogens with one attached hydrogen (secondary N) is 1. The van der Waals surface area contributed by atoms with E-state index in [-0.39, 0.29) is 5.78 Å². The van der Waals surface area contributed by atoms with Gasteiger partial charge in [0.25, 0.3) is 0 Å². The van der Waals surface area contributed by atoms with Crippen LogP contribution < -0.4 is 14.8 Å². The average Bonchev–Trinajstić information content (AvgIpc) is 2.89. The lowest BCUT2D eigenvalue weighted by Crippen LogP contribution is -2.34. The van der Waals surface area contributed by atoms with E-state index in [0.29, 0.717) is 42.3 Å². The zero-order chi connectivity index (χ0) is 25.5. The van der Waals surface area contributed by atoms with Gasteiger partial charge < -0.3 is 19.5 Å². The van der Waals surface area contributed by atoms with Crippen LogP contribution in [0.2, 0.25) is 0 Å². The number of ether oxygens (including phenoxy) is 3. The Morgan fingerprint density at radius 2 is 1.92 bits per heavy atom. The molecule has 1 atom stereocenters. The summed E-state index contributed by atoms with van der Waals surface area (Å²) in [5.74, 6) is 2.00. The highest BCUT2D eigenvalue weighted by atomic mass is 32.2. The largest absolute Gasteiger partial charge is 0.493 e.